The second-order valence-electron chi connectivity index (χ2n) is 3.97. The van der Waals surface area contributed by atoms with Gasteiger partial charge in [0.2, 0.25) is 0 Å². The van der Waals surface area contributed by atoms with Crippen molar-refractivity contribution in [2.45, 2.75) is 17.2 Å². The highest BCUT2D eigenvalue weighted by molar-refractivity contribution is 7.99. The van der Waals surface area contributed by atoms with Crippen LogP contribution in [0.15, 0.2) is 51.1 Å². The topological polar surface area (TPSA) is 62.7 Å². The molecule has 0 spiro atoms. The average molecular weight is 267 g/mol. The molecule has 1 aromatic carbocycles. The summed E-state index contributed by atoms with van der Waals surface area (Å²) < 4.78 is 5.61. The van der Waals surface area contributed by atoms with Crippen molar-refractivity contribution in [3.8, 4) is 6.07 Å². The first-order valence-electron chi connectivity index (χ1n) is 5.67. The Bertz CT molecular complexity index is 756. The molecule has 2 heterocycles. The molecule has 0 fully saturated rings. The summed E-state index contributed by atoms with van der Waals surface area (Å²) in [5, 5.41) is 10.2. The van der Waals surface area contributed by atoms with Crippen LogP contribution >= 0.6 is 11.8 Å². The van der Waals surface area contributed by atoms with Crippen LogP contribution in [0.5, 0.6) is 0 Å². The summed E-state index contributed by atoms with van der Waals surface area (Å²) in [5.41, 5.74) is 2.92. The Morgan fingerprint density at radius 3 is 2.79 bits per heavy atom. The van der Waals surface area contributed by atoms with Crippen LogP contribution in [0, 0.1) is 18.3 Å². The minimum absolute atomic E-state index is 0.496. The molecule has 0 N–H and O–H groups in total. The predicted octanol–water partition coefficient (Wildman–Crippen LogP) is 3.55. The summed E-state index contributed by atoms with van der Waals surface area (Å²) >= 11 is 1.27. The summed E-state index contributed by atoms with van der Waals surface area (Å²) in [6.45, 7) is 1.89. The van der Waals surface area contributed by atoms with E-state index >= 15 is 0 Å². The van der Waals surface area contributed by atoms with Crippen LogP contribution in [0.4, 0.5) is 0 Å². The lowest BCUT2D eigenvalue weighted by molar-refractivity contribution is 0.489. The molecule has 2 aromatic heterocycles. The maximum absolute atomic E-state index is 9.07. The Balaban J connectivity index is 2.01. The highest BCUT2D eigenvalue weighted by Gasteiger charge is 2.11. The zero-order chi connectivity index (χ0) is 13.2. The summed E-state index contributed by atoms with van der Waals surface area (Å²) in [6, 6.07) is 13.2. The normalized spacial score (nSPS) is 10.5. The Kier molecular flexibility index (Phi) is 2.94. The molecule has 4 nitrogen and oxygen atoms in total. The van der Waals surface area contributed by atoms with Gasteiger partial charge in [-0.2, -0.15) is 5.26 Å². The number of benzene rings is 1. The number of pyridine rings is 1. The van der Waals surface area contributed by atoms with Gasteiger partial charge < -0.3 is 4.42 Å². The Labute approximate surface area is 114 Å². The molecule has 5 heteroatoms. The molecule has 3 rings (SSSR count). The Hall–Kier alpha value is -2.32. The van der Waals surface area contributed by atoms with E-state index in [0.29, 0.717) is 15.8 Å². The van der Waals surface area contributed by atoms with E-state index in [9.17, 15) is 0 Å². The van der Waals surface area contributed by atoms with E-state index in [1.165, 1.54) is 11.8 Å². The SMILES string of the molecule is Cc1ccc(C#N)c(Sc2nc3ccccc3o2)n1. The van der Waals surface area contributed by atoms with E-state index in [1.54, 1.807) is 6.07 Å². The number of rotatable bonds is 2. The highest BCUT2D eigenvalue weighted by Crippen LogP contribution is 2.30. The number of aryl methyl sites for hydroxylation is 1. The molecule has 0 amide bonds. The Morgan fingerprint density at radius 2 is 2.00 bits per heavy atom. The number of fused-ring (bicyclic) bond motifs is 1. The van der Waals surface area contributed by atoms with Crippen LogP contribution in [0.25, 0.3) is 11.1 Å². The van der Waals surface area contributed by atoms with Crippen molar-refractivity contribution in [1.82, 2.24) is 9.97 Å². The smallest absolute Gasteiger partial charge is 0.263 e. The molecule has 0 unspecified atom stereocenters. The third-order valence-corrected chi connectivity index (χ3v) is 3.43. The van der Waals surface area contributed by atoms with Gasteiger partial charge in [-0.25, -0.2) is 9.97 Å². The molecule has 0 saturated heterocycles. The second kappa shape index (κ2) is 4.75. The van der Waals surface area contributed by atoms with E-state index in [0.717, 1.165) is 16.8 Å². The molecule has 19 heavy (non-hydrogen) atoms. The maximum Gasteiger partial charge on any atom is 0.263 e. The molecule has 0 aliphatic carbocycles. The lowest BCUT2D eigenvalue weighted by Gasteiger charge is -2.00. The number of nitrogens with zero attached hydrogens (tertiary/aromatic N) is 3. The lowest BCUT2D eigenvalue weighted by Crippen LogP contribution is -1.89. The Morgan fingerprint density at radius 1 is 1.16 bits per heavy atom. The molecule has 0 bridgehead atoms. The van der Waals surface area contributed by atoms with E-state index < -0.39 is 0 Å². The number of oxazole rings is 1. The first kappa shape index (κ1) is 11.8. The van der Waals surface area contributed by atoms with Crippen molar-refractivity contribution in [2.24, 2.45) is 0 Å². The first-order valence-corrected chi connectivity index (χ1v) is 6.49. The quantitative estimate of drug-likeness (QED) is 0.710. The van der Waals surface area contributed by atoms with Gasteiger partial charge in [-0.05, 0) is 43.0 Å². The summed E-state index contributed by atoms with van der Waals surface area (Å²) in [5.74, 6) is 0. The molecule has 0 radical (unpaired) electrons. The van der Waals surface area contributed by atoms with Gasteiger partial charge in [0, 0.05) is 5.69 Å². The number of aromatic nitrogens is 2. The maximum atomic E-state index is 9.07. The van der Waals surface area contributed by atoms with Gasteiger partial charge in [-0.1, -0.05) is 12.1 Å². The third kappa shape index (κ3) is 2.30. The van der Waals surface area contributed by atoms with E-state index in [4.69, 9.17) is 9.68 Å². The van der Waals surface area contributed by atoms with Crippen molar-refractivity contribution >= 4 is 22.9 Å². The summed E-state index contributed by atoms with van der Waals surface area (Å²) in [7, 11) is 0. The van der Waals surface area contributed by atoms with Crippen molar-refractivity contribution in [3.63, 3.8) is 0 Å². The van der Waals surface area contributed by atoms with Gasteiger partial charge in [-0.3, -0.25) is 0 Å². The van der Waals surface area contributed by atoms with Crippen LogP contribution in [0.2, 0.25) is 0 Å². The molecule has 3 aromatic rings. The summed E-state index contributed by atoms with van der Waals surface area (Å²) in [4.78, 5) is 8.71. The van der Waals surface area contributed by atoms with Crippen LogP contribution in [-0.2, 0) is 0 Å². The fourth-order valence-corrected chi connectivity index (χ4v) is 2.53. The zero-order valence-corrected chi connectivity index (χ0v) is 10.9. The van der Waals surface area contributed by atoms with Crippen molar-refractivity contribution in [3.05, 3.63) is 47.7 Å². The van der Waals surface area contributed by atoms with Gasteiger partial charge in [0.15, 0.2) is 5.58 Å². The van der Waals surface area contributed by atoms with Crippen molar-refractivity contribution in [1.29, 1.82) is 5.26 Å². The van der Waals surface area contributed by atoms with Crippen LogP contribution in [-0.4, -0.2) is 9.97 Å². The largest absolute Gasteiger partial charge is 0.431 e. The molecular formula is C14H9N3OS. The number of hydrogen-bond acceptors (Lipinski definition) is 5. The fourth-order valence-electron chi connectivity index (χ4n) is 1.67. The van der Waals surface area contributed by atoms with Crippen LogP contribution < -0.4 is 0 Å². The molecule has 0 aliphatic rings. The molecule has 0 saturated carbocycles. The van der Waals surface area contributed by atoms with Gasteiger partial charge in [0.25, 0.3) is 5.22 Å². The van der Waals surface area contributed by atoms with E-state index in [-0.39, 0.29) is 0 Å². The monoisotopic (exact) mass is 267 g/mol. The lowest BCUT2D eigenvalue weighted by atomic mass is 10.3. The van der Waals surface area contributed by atoms with Crippen LogP contribution in [0.3, 0.4) is 0 Å². The molecule has 0 aliphatic heterocycles. The third-order valence-electron chi connectivity index (χ3n) is 2.58. The van der Waals surface area contributed by atoms with Crippen molar-refractivity contribution in [2.75, 3.05) is 0 Å². The van der Waals surface area contributed by atoms with Crippen molar-refractivity contribution < 1.29 is 4.42 Å². The molecular weight excluding hydrogens is 258 g/mol. The average Bonchev–Trinajstić information content (AvgIpc) is 2.81. The summed E-state index contributed by atoms with van der Waals surface area (Å²) in [6.07, 6.45) is 0. The number of nitriles is 1. The van der Waals surface area contributed by atoms with Gasteiger partial charge in [0.05, 0.1) is 5.56 Å². The minimum Gasteiger partial charge on any atom is -0.431 e. The van der Waals surface area contributed by atoms with Gasteiger partial charge in [0.1, 0.15) is 16.6 Å². The fraction of sp³-hybridized carbons (Fsp3) is 0.0714. The van der Waals surface area contributed by atoms with Gasteiger partial charge in [-0.15, -0.1) is 0 Å². The second-order valence-corrected chi connectivity index (χ2v) is 4.91. The van der Waals surface area contributed by atoms with Crippen LogP contribution in [0.1, 0.15) is 11.3 Å². The highest BCUT2D eigenvalue weighted by atomic mass is 32.2. The van der Waals surface area contributed by atoms with E-state index in [2.05, 4.69) is 16.0 Å². The number of hydrogen-bond donors (Lipinski definition) is 0. The molecule has 92 valence electrons. The number of para-hydroxylation sites is 2. The van der Waals surface area contributed by atoms with E-state index in [1.807, 2.05) is 37.3 Å². The standard InChI is InChI=1S/C14H9N3OS/c1-9-6-7-10(8-15)13(16-9)19-14-17-11-4-2-3-5-12(11)18-14/h2-7H,1H3. The first-order chi connectivity index (χ1) is 9.26. The zero-order valence-electron chi connectivity index (χ0n) is 10.1. The van der Waals surface area contributed by atoms with Gasteiger partial charge >= 0.3 is 0 Å². The molecule has 0 atom stereocenters. The predicted molar refractivity (Wildman–Crippen MR) is 71.8 cm³/mol. The minimum atomic E-state index is 0.496.